The summed E-state index contributed by atoms with van der Waals surface area (Å²) in [6.07, 6.45) is 1.39. The zero-order valence-electron chi connectivity index (χ0n) is 11.5. The summed E-state index contributed by atoms with van der Waals surface area (Å²) in [5.74, 6) is 0.0261. The Kier molecular flexibility index (Phi) is 4.69. The first-order chi connectivity index (χ1) is 9.95. The topological polar surface area (TPSA) is 84.2 Å². The molecule has 112 valence electrons. The predicted octanol–water partition coefficient (Wildman–Crippen LogP) is 2.18. The molecule has 1 aromatic carbocycles. The van der Waals surface area contributed by atoms with Gasteiger partial charge in [0.05, 0.1) is 22.2 Å². The lowest BCUT2D eigenvalue weighted by Gasteiger charge is -2.07. The molecule has 6 nitrogen and oxygen atoms in total. The zero-order valence-corrected chi connectivity index (χ0v) is 12.3. The van der Waals surface area contributed by atoms with Gasteiger partial charge < -0.3 is 15.2 Å². The molecule has 1 heterocycles. The summed E-state index contributed by atoms with van der Waals surface area (Å²) in [6.45, 7) is 1.95. The molecule has 0 fully saturated rings. The number of aromatic nitrogens is 1. The number of benzene rings is 1. The molecule has 2 amide bonds. The minimum absolute atomic E-state index is 0.0963. The maximum atomic E-state index is 13.6. The van der Waals surface area contributed by atoms with Crippen LogP contribution in [0.4, 0.5) is 14.9 Å². The van der Waals surface area contributed by atoms with Crippen LogP contribution in [0.3, 0.4) is 0 Å². The minimum atomic E-state index is -1.41. The van der Waals surface area contributed by atoms with E-state index < -0.39 is 22.6 Å². The number of rotatable bonds is 4. The lowest BCUT2D eigenvalue weighted by Crippen LogP contribution is -2.28. The normalized spacial score (nSPS) is 12.0. The van der Waals surface area contributed by atoms with Gasteiger partial charge in [-0.05, 0) is 25.1 Å². The van der Waals surface area contributed by atoms with Crippen molar-refractivity contribution in [2.24, 2.45) is 0 Å². The lowest BCUT2D eigenvalue weighted by molar-refractivity contribution is 0.251. The average molecular weight is 311 g/mol. The van der Waals surface area contributed by atoms with Crippen molar-refractivity contribution in [1.82, 2.24) is 10.5 Å². The first kappa shape index (κ1) is 15.2. The monoisotopic (exact) mass is 311 g/mol. The number of aryl methyl sites for hydroxylation is 1. The number of hydrogen-bond donors (Lipinski definition) is 2. The SMILES string of the molecule is Cc1cc(CNC(=O)Nc2ccc(S(C)=O)c(F)c2)no1. The Bertz CT molecular complexity index is 687. The molecule has 2 N–H and O–H groups in total. The Hall–Kier alpha value is -2.22. The quantitative estimate of drug-likeness (QED) is 0.906. The number of urea groups is 1. The second kappa shape index (κ2) is 6.49. The molecule has 8 heteroatoms. The molecule has 0 aliphatic heterocycles. The Labute approximate surface area is 123 Å². The Morgan fingerprint density at radius 1 is 1.43 bits per heavy atom. The van der Waals surface area contributed by atoms with Crippen molar-refractivity contribution in [2.75, 3.05) is 11.6 Å². The summed E-state index contributed by atoms with van der Waals surface area (Å²) >= 11 is 0. The molecular weight excluding hydrogens is 297 g/mol. The van der Waals surface area contributed by atoms with Gasteiger partial charge in [-0.1, -0.05) is 5.16 Å². The highest BCUT2D eigenvalue weighted by Gasteiger charge is 2.09. The molecule has 2 aromatic rings. The Morgan fingerprint density at radius 2 is 2.19 bits per heavy atom. The van der Waals surface area contributed by atoms with Crippen LogP contribution in [0.2, 0.25) is 0 Å². The van der Waals surface area contributed by atoms with Gasteiger partial charge in [0.1, 0.15) is 17.3 Å². The van der Waals surface area contributed by atoms with E-state index in [-0.39, 0.29) is 17.1 Å². The summed E-state index contributed by atoms with van der Waals surface area (Å²) in [6, 6.07) is 5.18. The Balaban J connectivity index is 1.93. The van der Waals surface area contributed by atoms with Crippen LogP contribution in [0, 0.1) is 12.7 Å². The van der Waals surface area contributed by atoms with E-state index in [4.69, 9.17) is 4.52 Å². The van der Waals surface area contributed by atoms with Crippen molar-refractivity contribution < 1.29 is 17.9 Å². The summed E-state index contributed by atoms with van der Waals surface area (Å²) in [5.41, 5.74) is 0.862. The van der Waals surface area contributed by atoms with E-state index in [2.05, 4.69) is 15.8 Å². The highest BCUT2D eigenvalue weighted by atomic mass is 32.2. The summed E-state index contributed by atoms with van der Waals surface area (Å²) < 4.78 is 29.7. The van der Waals surface area contributed by atoms with Gasteiger partial charge in [0, 0.05) is 18.0 Å². The third kappa shape index (κ3) is 4.12. The first-order valence-electron chi connectivity index (χ1n) is 6.05. The van der Waals surface area contributed by atoms with Crippen molar-refractivity contribution >= 4 is 22.5 Å². The fourth-order valence-corrected chi connectivity index (χ4v) is 2.25. The van der Waals surface area contributed by atoms with E-state index in [1.807, 2.05) is 0 Å². The predicted molar refractivity (Wildman–Crippen MR) is 75.8 cm³/mol. The minimum Gasteiger partial charge on any atom is -0.361 e. The molecule has 1 atom stereocenters. The maximum Gasteiger partial charge on any atom is 0.319 e. The fraction of sp³-hybridized carbons (Fsp3) is 0.231. The first-order valence-corrected chi connectivity index (χ1v) is 7.61. The smallest absolute Gasteiger partial charge is 0.319 e. The number of halogens is 1. The summed E-state index contributed by atoms with van der Waals surface area (Å²) in [4.78, 5) is 11.8. The zero-order chi connectivity index (χ0) is 15.4. The van der Waals surface area contributed by atoms with Gasteiger partial charge in [-0.25, -0.2) is 9.18 Å². The summed E-state index contributed by atoms with van der Waals surface area (Å²) in [5, 5.41) is 8.77. The van der Waals surface area contributed by atoms with Gasteiger partial charge in [0.2, 0.25) is 0 Å². The lowest BCUT2D eigenvalue weighted by atomic mass is 10.3. The van der Waals surface area contributed by atoms with Gasteiger partial charge >= 0.3 is 6.03 Å². The van der Waals surface area contributed by atoms with Crippen LogP contribution in [0.15, 0.2) is 33.7 Å². The van der Waals surface area contributed by atoms with Crippen LogP contribution >= 0.6 is 0 Å². The molecule has 1 unspecified atom stereocenters. The van der Waals surface area contributed by atoms with Gasteiger partial charge in [-0.2, -0.15) is 0 Å². The fourth-order valence-electron chi connectivity index (χ4n) is 1.66. The maximum absolute atomic E-state index is 13.6. The number of hydrogen-bond acceptors (Lipinski definition) is 4. The van der Waals surface area contributed by atoms with Crippen LogP contribution in [0.1, 0.15) is 11.5 Å². The molecule has 0 bridgehead atoms. The van der Waals surface area contributed by atoms with Gasteiger partial charge in [-0.15, -0.1) is 0 Å². The van der Waals surface area contributed by atoms with Crippen LogP contribution in [0.25, 0.3) is 0 Å². The highest BCUT2D eigenvalue weighted by Crippen LogP contribution is 2.16. The molecule has 0 saturated heterocycles. The summed E-state index contributed by atoms with van der Waals surface area (Å²) in [7, 11) is -1.41. The van der Waals surface area contributed by atoms with E-state index in [1.165, 1.54) is 18.4 Å². The van der Waals surface area contributed by atoms with Crippen LogP contribution < -0.4 is 10.6 Å². The third-order valence-corrected chi connectivity index (χ3v) is 3.56. The third-order valence-electron chi connectivity index (χ3n) is 2.61. The van der Waals surface area contributed by atoms with E-state index in [0.29, 0.717) is 11.5 Å². The molecule has 0 saturated carbocycles. The van der Waals surface area contributed by atoms with E-state index in [1.54, 1.807) is 13.0 Å². The van der Waals surface area contributed by atoms with Gasteiger partial charge in [-0.3, -0.25) is 4.21 Å². The van der Waals surface area contributed by atoms with Crippen LogP contribution in [-0.2, 0) is 17.3 Å². The van der Waals surface area contributed by atoms with E-state index in [0.717, 1.165) is 6.07 Å². The van der Waals surface area contributed by atoms with Gasteiger partial charge in [0.15, 0.2) is 0 Å². The van der Waals surface area contributed by atoms with Crippen LogP contribution in [0.5, 0.6) is 0 Å². The number of nitrogens with one attached hydrogen (secondary N) is 2. The largest absolute Gasteiger partial charge is 0.361 e. The van der Waals surface area contributed by atoms with Gasteiger partial charge in [0.25, 0.3) is 0 Å². The van der Waals surface area contributed by atoms with Crippen LogP contribution in [-0.4, -0.2) is 21.7 Å². The highest BCUT2D eigenvalue weighted by molar-refractivity contribution is 7.84. The second-order valence-electron chi connectivity index (χ2n) is 4.34. The van der Waals surface area contributed by atoms with Crippen molar-refractivity contribution in [3.8, 4) is 0 Å². The number of carbonyl (C=O) groups excluding carboxylic acids is 1. The van der Waals surface area contributed by atoms with Crippen molar-refractivity contribution in [2.45, 2.75) is 18.4 Å². The number of anilines is 1. The molecule has 1 aromatic heterocycles. The standard InChI is InChI=1S/C13H14FN3O3S/c1-8-5-10(17-20-8)7-15-13(18)16-9-3-4-12(21(2)19)11(14)6-9/h3-6H,7H2,1-2H3,(H2,15,16,18). The van der Waals surface area contributed by atoms with E-state index in [9.17, 15) is 13.4 Å². The second-order valence-corrected chi connectivity index (χ2v) is 5.68. The molecule has 2 rings (SSSR count). The number of amides is 2. The number of carbonyl (C=O) groups is 1. The van der Waals surface area contributed by atoms with E-state index >= 15 is 0 Å². The molecule has 21 heavy (non-hydrogen) atoms. The van der Waals surface area contributed by atoms with Crippen molar-refractivity contribution in [3.63, 3.8) is 0 Å². The average Bonchev–Trinajstić information content (AvgIpc) is 2.82. The number of nitrogens with zero attached hydrogens (tertiary/aromatic N) is 1. The van der Waals surface area contributed by atoms with Crippen molar-refractivity contribution in [1.29, 1.82) is 0 Å². The molecule has 0 aliphatic rings. The molecular formula is C13H14FN3O3S. The molecule has 0 aliphatic carbocycles. The Morgan fingerprint density at radius 3 is 2.76 bits per heavy atom. The molecule has 0 spiro atoms. The molecule has 0 radical (unpaired) electrons. The van der Waals surface area contributed by atoms with Crippen molar-refractivity contribution in [3.05, 3.63) is 41.5 Å².